The van der Waals surface area contributed by atoms with E-state index in [2.05, 4.69) is 55.2 Å². The van der Waals surface area contributed by atoms with Crippen molar-refractivity contribution in [1.29, 1.82) is 0 Å². The normalized spacial score (nSPS) is 17.1. The number of aromatic nitrogens is 2. The van der Waals surface area contributed by atoms with E-state index < -0.39 is 44.8 Å². The number of nitrogens with one attached hydrogen (secondary N) is 4. The summed E-state index contributed by atoms with van der Waals surface area (Å²) < 4.78 is 44.1. The number of carbonyl (C=O) groups is 4. The number of piperidine rings is 2. The Morgan fingerprint density at radius 1 is 0.864 bits per heavy atom. The van der Waals surface area contributed by atoms with Gasteiger partial charge in [0.15, 0.2) is 15.7 Å². The third kappa shape index (κ3) is 11.1. The number of nitrogens with zero attached hydrogens (tertiary/aromatic N) is 4. The Labute approximate surface area is 390 Å². The zero-order valence-electron chi connectivity index (χ0n) is 37.8. The minimum atomic E-state index is -3.58. The number of sulfone groups is 1. The van der Waals surface area contributed by atoms with Crippen LogP contribution in [0, 0.1) is 6.92 Å². The van der Waals surface area contributed by atoms with Gasteiger partial charge in [0.1, 0.15) is 16.8 Å². The molecule has 0 bridgehead atoms. The number of carbonyl (C=O) groups excluding carboxylic acids is 4. The minimum Gasteiger partial charge on any atom is -0.489 e. The average molecular weight is 946 g/mol. The van der Waals surface area contributed by atoms with Gasteiger partial charge in [-0.05, 0) is 120 Å². The Balaban J connectivity index is 0.851. The number of halogens is 1. The number of hydrogen-bond acceptors (Lipinski definition) is 15. The quantitative estimate of drug-likeness (QED) is 0.0542. The lowest BCUT2D eigenvalue weighted by molar-refractivity contribution is -0.136. The summed E-state index contributed by atoms with van der Waals surface area (Å²) in [6.45, 7) is 14.1. The molecule has 0 aliphatic carbocycles. The number of imide groups is 2. The molecule has 19 heteroatoms. The number of anilines is 5. The number of ether oxygens (including phenoxy) is 3. The molecular weight excluding hydrogens is 888 g/mol. The second kappa shape index (κ2) is 21.3. The van der Waals surface area contributed by atoms with Crippen LogP contribution in [-0.4, -0.2) is 122 Å². The number of amides is 4. The van der Waals surface area contributed by atoms with Gasteiger partial charge in [-0.1, -0.05) is 29.8 Å². The van der Waals surface area contributed by atoms with Crippen molar-refractivity contribution >= 4 is 73.9 Å². The molecule has 17 nitrogen and oxygen atoms in total. The van der Waals surface area contributed by atoms with Gasteiger partial charge in [0.05, 0.1) is 71.4 Å². The molecule has 4 amide bonds. The van der Waals surface area contributed by atoms with Gasteiger partial charge in [0.2, 0.25) is 17.8 Å². The number of rotatable bonds is 20. The Hall–Kier alpha value is -5.66. The standard InChI is InChI=1S/C47H57ClN8O9S/c1-28(2)65-39-26-33(30(5)25-37(39)52-47-50-27-34(48)43(54-47)51-35-10-6-7-12-40(35)66(61,62)29(3)4)31-15-18-55(19-16-31)20-22-64-24-23-63-21-17-49-36-11-8-9-32-42(36)46(60)56(45(32)59)38-13-14-41(57)53-44(38)58/h6-12,25-29,31,38,49H,13-24H2,1-5H3,(H,53,57,58)(H2,50,51,52,54). The molecule has 1 atom stereocenters. The van der Waals surface area contributed by atoms with Crippen LogP contribution >= 0.6 is 11.6 Å². The van der Waals surface area contributed by atoms with Crippen LogP contribution in [0.15, 0.2) is 65.7 Å². The number of likely N-dealkylation sites (tertiary alicyclic amines) is 1. The molecule has 3 aromatic carbocycles. The minimum absolute atomic E-state index is 0.0593. The van der Waals surface area contributed by atoms with E-state index in [4.69, 9.17) is 25.8 Å². The molecule has 1 aromatic heterocycles. The first-order valence-corrected chi connectivity index (χ1v) is 24.2. The Morgan fingerprint density at radius 3 is 2.32 bits per heavy atom. The topological polar surface area (TPSA) is 210 Å². The molecule has 2 fully saturated rings. The molecular formula is C47H57ClN8O9S. The van der Waals surface area contributed by atoms with Gasteiger partial charge in [-0.15, -0.1) is 0 Å². The smallest absolute Gasteiger partial charge is 0.264 e. The molecule has 4 heterocycles. The molecule has 0 saturated carbocycles. The zero-order chi connectivity index (χ0) is 47.1. The second-order valence-electron chi connectivity index (χ2n) is 17.0. The molecule has 352 valence electrons. The van der Waals surface area contributed by atoms with Crippen molar-refractivity contribution in [2.75, 3.05) is 68.6 Å². The number of fused-ring (bicyclic) bond motifs is 1. The third-order valence-electron chi connectivity index (χ3n) is 11.8. The SMILES string of the molecule is Cc1cc(Nc2ncc(Cl)c(Nc3ccccc3S(=O)(=O)C(C)C)n2)c(OC(C)C)cc1C1CCN(CCOCCOCCNc2cccc3c2C(=O)N(C2CCC(=O)NC2=O)C3=O)CC1. The Bertz CT molecular complexity index is 2570. The summed E-state index contributed by atoms with van der Waals surface area (Å²) in [5.74, 6) is -0.635. The predicted octanol–water partition coefficient (Wildman–Crippen LogP) is 6.62. The molecule has 2 saturated heterocycles. The number of aryl methyl sites for hydroxylation is 1. The van der Waals surface area contributed by atoms with Gasteiger partial charge in [-0.25, -0.2) is 13.4 Å². The largest absolute Gasteiger partial charge is 0.489 e. The maximum atomic E-state index is 13.3. The highest BCUT2D eigenvalue weighted by Gasteiger charge is 2.45. The van der Waals surface area contributed by atoms with Crippen molar-refractivity contribution in [3.05, 3.63) is 88.1 Å². The van der Waals surface area contributed by atoms with Crippen LogP contribution in [0.5, 0.6) is 5.75 Å². The van der Waals surface area contributed by atoms with E-state index in [1.807, 2.05) is 13.8 Å². The van der Waals surface area contributed by atoms with E-state index in [0.29, 0.717) is 61.7 Å². The van der Waals surface area contributed by atoms with Crippen molar-refractivity contribution in [3.8, 4) is 5.75 Å². The number of benzene rings is 3. The third-order valence-corrected chi connectivity index (χ3v) is 14.3. The van der Waals surface area contributed by atoms with E-state index in [9.17, 15) is 27.6 Å². The first-order chi connectivity index (χ1) is 31.6. The molecule has 0 spiro atoms. The molecule has 66 heavy (non-hydrogen) atoms. The van der Waals surface area contributed by atoms with E-state index in [-0.39, 0.29) is 51.8 Å². The van der Waals surface area contributed by atoms with Gasteiger partial charge in [-0.2, -0.15) is 4.98 Å². The summed E-state index contributed by atoms with van der Waals surface area (Å²) >= 11 is 6.51. The Morgan fingerprint density at radius 2 is 1.59 bits per heavy atom. The van der Waals surface area contributed by atoms with Crippen molar-refractivity contribution in [2.45, 2.75) is 88.5 Å². The summed E-state index contributed by atoms with van der Waals surface area (Å²) in [4.78, 5) is 63.0. The van der Waals surface area contributed by atoms with E-state index in [0.717, 1.165) is 42.9 Å². The highest BCUT2D eigenvalue weighted by Crippen LogP contribution is 2.39. The van der Waals surface area contributed by atoms with Crippen molar-refractivity contribution in [3.63, 3.8) is 0 Å². The fraction of sp³-hybridized carbons (Fsp3) is 0.447. The van der Waals surface area contributed by atoms with Gasteiger partial charge >= 0.3 is 0 Å². The predicted molar refractivity (Wildman–Crippen MR) is 251 cm³/mol. The van der Waals surface area contributed by atoms with Crippen molar-refractivity contribution in [1.82, 2.24) is 25.1 Å². The van der Waals surface area contributed by atoms with Crippen LogP contribution in [0.4, 0.5) is 28.8 Å². The van der Waals surface area contributed by atoms with E-state index >= 15 is 0 Å². The van der Waals surface area contributed by atoms with Gasteiger partial charge in [0.25, 0.3) is 11.8 Å². The second-order valence-corrected chi connectivity index (χ2v) is 19.9. The van der Waals surface area contributed by atoms with Gasteiger partial charge in [0, 0.05) is 25.2 Å². The molecule has 3 aliphatic rings. The summed E-state index contributed by atoms with van der Waals surface area (Å²) in [5, 5.41) is 11.4. The van der Waals surface area contributed by atoms with Gasteiger partial charge in [-0.3, -0.25) is 29.4 Å². The fourth-order valence-corrected chi connectivity index (χ4v) is 9.67. The summed E-state index contributed by atoms with van der Waals surface area (Å²) in [6.07, 6.45) is 3.49. The molecule has 4 aromatic rings. The fourth-order valence-electron chi connectivity index (χ4n) is 8.33. The maximum absolute atomic E-state index is 13.3. The summed E-state index contributed by atoms with van der Waals surface area (Å²) in [6, 6.07) is 14.8. The van der Waals surface area contributed by atoms with Crippen molar-refractivity contribution < 1.29 is 41.8 Å². The molecule has 1 unspecified atom stereocenters. The van der Waals surface area contributed by atoms with Crippen LogP contribution in [0.1, 0.15) is 91.1 Å². The maximum Gasteiger partial charge on any atom is 0.264 e. The lowest BCUT2D eigenvalue weighted by atomic mass is 9.86. The summed E-state index contributed by atoms with van der Waals surface area (Å²) in [7, 11) is -3.58. The zero-order valence-corrected chi connectivity index (χ0v) is 39.4. The van der Waals surface area contributed by atoms with E-state index in [1.54, 1.807) is 56.3 Å². The van der Waals surface area contributed by atoms with Crippen LogP contribution in [0.3, 0.4) is 0 Å². The Kier molecular flexibility index (Phi) is 15.6. The van der Waals surface area contributed by atoms with Crippen LogP contribution < -0.4 is 26.0 Å². The molecule has 0 radical (unpaired) electrons. The van der Waals surface area contributed by atoms with E-state index in [1.165, 1.54) is 11.8 Å². The van der Waals surface area contributed by atoms with Crippen molar-refractivity contribution in [2.24, 2.45) is 0 Å². The van der Waals surface area contributed by atoms with Gasteiger partial charge < -0.3 is 35.1 Å². The van der Waals surface area contributed by atoms with Crippen LogP contribution in [-0.2, 0) is 28.9 Å². The molecule has 7 rings (SSSR count). The lowest BCUT2D eigenvalue weighted by Crippen LogP contribution is -2.54. The first kappa shape index (κ1) is 48.3. The monoisotopic (exact) mass is 944 g/mol. The summed E-state index contributed by atoms with van der Waals surface area (Å²) in [5.41, 5.74) is 4.32. The first-order valence-electron chi connectivity index (χ1n) is 22.3. The van der Waals surface area contributed by atoms with Crippen LogP contribution in [0.25, 0.3) is 0 Å². The molecule has 4 N–H and O–H groups in total. The highest BCUT2D eigenvalue weighted by atomic mass is 35.5. The number of hydrogen-bond donors (Lipinski definition) is 4. The lowest BCUT2D eigenvalue weighted by Gasteiger charge is -2.33. The molecule has 3 aliphatic heterocycles. The van der Waals surface area contributed by atoms with Crippen LogP contribution in [0.2, 0.25) is 5.02 Å². The number of para-hydroxylation sites is 1. The highest BCUT2D eigenvalue weighted by molar-refractivity contribution is 7.92. The average Bonchev–Trinajstić information content (AvgIpc) is 3.54.